The predicted octanol–water partition coefficient (Wildman–Crippen LogP) is 5.13. The first-order valence-electron chi connectivity index (χ1n) is 8.65. The fourth-order valence-corrected chi connectivity index (χ4v) is 2.96. The van der Waals surface area contributed by atoms with Gasteiger partial charge in [-0.1, -0.05) is 47.5 Å². The maximum absolute atomic E-state index is 5.94. The Bertz CT molecular complexity index is 625. The number of nitrogens with zero attached hydrogens (tertiary/aromatic N) is 2. The molecule has 0 amide bonds. The first-order chi connectivity index (χ1) is 10.4. The van der Waals surface area contributed by atoms with Crippen LogP contribution >= 0.6 is 0 Å². The molecule has 0 bridgehead atoms. The molecule has 3 nitrogen and oxygen atoms in total. The van der Waals surface area contributed by atoms with Crippen LogP contribution in [0.2, 0.25) is 0 Å². The average Bonchev–Trinajstić information content (AvgIpc) is 2.83. The largest absolute Gasteiger partial charge is 0.399 e. The molecule has 0 fully saturated rings. The summed E-state index contributed by atoms with van der Waals surface area (Å²) >= 11 is 0. The molecule has 2 N–H and O–H groups in total. The topological polar surface area (TPSA) is 43.8 Å². The second-order valence-corrected chi connectivity index (χ2v) is 7.28. The minimum absolute atomic E-state index is 0.0816. The molecule has 0 aliphatic heterocycles. The fraction of sp³-hybridized carbons (Fsp3) is 0.632. The van der Waals surface area contributed by atoms with Crippen LogP contribution in [-0.2, 0) is 12.0 Å². The van der Waals surface area contributed by atoms with Crippen molar-refractivity contribution in [2.45, 2.75) is 72.3 Å². The van der Waals surface area contributed by atoms with E-state index in [1.807, 2.05) is 12.1 Å². The molecule has 2 rings (SSSR count). The SMILES string of the molecule is CCCCC(C)Cn1c(C(C)(C)CC)nc2cc(N)ccc21. The maximum Gasteiger partial charge on any atom is 0.115 e. The fourth-order valence-electron chi connectivity index (χ4n) is 2.96. The zero-order valence-corrected chi connectivity index (χ0v) is 14.8. The predicted molar refractivity (Wildman–Crippen MR) is 96.2 cm³/mol. The summed E-state index contributed by atoms with van der Waals surface area (Å²) in [5, 5.41) is 0. The van der Waals surface area contributed by atoms with Gasteiger partial charge in [0, 0.05) is 17.6 Å². The van der Waals surface area contributed by atoms with Crippen molar-refractivity contribution >= 4 is 16.7 Å². The lowest BCUT2D eigenvalue weighted by Gasteiger charge is -2.25. The van der Waals surface area contributed by atoms with E-state index in [1.165, 1.54) is 30.6 Å². The van der Waals surface area contributed by atoms with Crippen LogP contribution < -0.4 is 5.73 Å². The van der Waals surface area contributed by atoms with E-state index in [0.717, 1.165) is 24.2 Å². The molecule has 0 radical (unpaired) electrons. The molecule has 0 saturated carbocycles. The number of rotatable bonds is 7. The van der Waals surface area contributed by atoms with Crippen molar-refractivity contribution in [2.24, 2.45) is 5.92 Å². The van der Waals surface area contributed by atoms with E-state index in [4.69, 9.17) is 10.7 Å². The summed E-state index contributed by atoms with van der Waals surface area (Å²) in [4.78, 5) is 4.93. The Morgan fingerprint density at radius 1 is 1.27 bits per heavy atom. The minimum Gasteiger partial charge on any atom is -0.399 e. The van der Waals surface area contributed by atoms with Gasteiger partial charge in [-0.15, -0.1) is 0 Å². The first kappa shape index (κ1) is 16.9. The number of nitrogens with two attached hydrogens (primary N) is 1. The van der Waals surface area contributed by atoms with E-state index in [9.17, 15) is 0 Å². The molecule has 22 heavy (non-hydrogen) atoms. The van der Waals surface area contributed by atoms with Crippen LogP contribution in [0.15, 0.2) is 18.2 Å². The number of fused-ring (bicyclic) bond motifs is 1. The van der Waals surface area contributed by atoms with E-state index in [2.05, 4.69) is 45.3 Å². The van der Waals surface area contributed by atoms with Gasteiger partial charge in [0.25, 0.3) is 0 Å². The third-order valence-corrected chi connectivity index (χ3v) is 4.81. The number of hydrogen-bond acceptors (Lipinski definition) is 2. The Labute approximate surface area is 134 Å². The molecule has 1 aromatic carbocycles. The summed E-state index contributed by atoms with van der Waals surface area (Å²) in [5.41, 5.74) is 9.06. The van der Waals surface area contributed by atoms with Gasteiger partial charge in [0.05, 0.1) is 11.0 Å². The van der Waals surface area contributed by atoms with Crippen LogP contribution in [0.4, 0.5) is 5.69 Å². The molecule has 0 aliphatic carbocycles. The van der Waals surface area contributed by atoms with E-state index < -0.39 is 0 Å². The van der Waals surface area contributed by atoms with Gasteiger partial charge in [-0.2, -0.15) is 0 Å². The summed E-state index contributed by atoms with van der Waals surface area (Å²) < 4.78 is 2.43. The molecule has 122 valence electrons. The highest BCUT2D eigenvalue weighted by molar-refractivity contribution is 5.80. The molecular weight excluding hydrogens is 270 g/mol. The van der Waals surface area contributed by atoms with Crippen LogP contribution in [-0.4, -0.2) is 9.55 Å². The summed E-state index contributed by atoms with van der Waals surface area (Å²) in [6, 6.07) is 6.11. The Morgan fingerprint density at radius 2 is 2.00 bits per heavy atom. The van der Waals surface area contributed by atoms with Crippen LogP contribution in [0.1, 0.15) is 66.1 Å². The lowest BCUT2D eigenvalue weighted by Crippen LogP contribution is -2.23. The highest BCUT2D eigenvalue weighted by atomic mass is 15.1. The second-order valence-electron chi connectivity index (χ2n) is 7.28. The van der Waals surface area contributed by atoms with Crippen molar-refractivity contribution in [1.29, 1.82) is 0 Å². The van der Waals surface area contributed by atoms with Gasteiger partial charge >= 0.3 is 0 Å². The van der Waals surface area contributed by atoms with Gasteiger partial charge in [-0.05, 0) is 37.0 Å². The maximum atomic E-state index is 5.94. The smallest absolute Gasteiger partial charge is 0.115 e. The average molecular weight is 301 g/mol. The van der Waals surface area contributed by atoms with Crippen LogP contribution in [0.25, 0.3) is 11.0 Å². The first-order valence-corrected chi connectivity index (χ1v) is 8.65. The van der Waals surface area contributed by atoms with Gasteiger partial charge in [-0.3, -0.25) is 0 Å². The molecule has 1 aromatic heterocycles. The number of hydrogen-bond donors (Lipinski definition) is 1. The minimum atomic E-state index is 0.0816. The number of nitrogen functional groups attached to an aromatic ring is 1. The molecule has 1 heterocycles. The standard InChI is InChI=1S/C19H31N3/c1-6-8-9-14(3)13-22-17-11-10-15(20)12-16(17)21-18(22)19(4,5)7-2/h10-12,14H,6-9,13,20H2,1-5H3. The Balaban J connectivity index is 2.46. The lowest BCUT2D eigenvalue weighted by molar-refractivity contribution is 0.393. The number of aromatic nitrogens is 2. The van der Waals surface area contributed by atoms with Gasteiger partial charge in [-0.25, -0.2) is 4.98 Å². The van der Waals surface area contributed by atoms with Crippen molar-refractivity contribution in [3.05, 3.63) is 24.0 Å². The highest BCUT2D eigenvalue weighted by Gasteiger charge is 2.26. The summed E-state index contributed by atoms with van der Waals surface area (Å²) in [6.07, 6.45) is 4.92. The monoisotopic (exact) mass is 301 g/mol. The third-order valence-electron chi connectivity index (χ3n) is 4.81. The van der Waals surface area contributed by atoms with E-state index in [0.29, 0.717) is 5.92 Å². The second kappa shape index (κ2) is 6.72. The van der Waals surface area contributed by atoms with Crippen molar-refractivity contribution < 1.29 is 0 Å². The van der Waals surface area contributed by atoms with E-state index in [1.54, 1.807) is 0 Å². The van der Waals surface area contributed by atoms with Crippen molar-refractivity contribution in [2.75, 3.05) is 5.73 Å². The summed E-state index contributed by atoms with van der Waals surface area (Å²) in [5.74, 6) is 1.86. The Kier molecular flexibility index (Phi) is 5.15. The Morgan fingerprint density at radius 3 is 2.64 bits per heavy atom. The van der Waals surface area contributed by atoms with Crippen LogP contribution in [0.5, 0.6) is 0 Å². The van der Waals surface area contributed by atoms with Crippen LogP contribution in [0.3, 0.4) is 0 Å². The lowest BCUT2D eigenvalue weighted by atomic mass is 9.89. The zero-order valence-electron chi connectivity index (χ0n) is 14.8. The van der Waals surface area contributed by atoms with Crippen molar-refractivity contribution in [1.82, 2.24) is 9.55 Å². The Hall–Kier alpha value is -1.51. The molecule has 1 unspecified atom stereocenters. The van der Waals surface area contributed by atoms with E-state index in [-0.39, 0.29) is 5.41 Å². The summed E-state index contributed by atoms with van der Waals surface area (Å²) in [7, 11) is 0. The molecule has 0 saturated heterocycles. The summed E-state index contributed by atoms with van der Waals surface area (Å²) in [6.45, 7) is 12.4. The van der Waals surface area contributed by atoms with Gasteiger partial charge < -0.3 is 10.3 Å². The zero-order chi connectivity index (χ0) is 16.3. The molecule has 2 aromatic rings. The number of imidazole rings is 1. The normalized spacial score (nSPS) is 13.7. The van der Waals surface area contributed by atoms with Gasteiger partial charge in [0.2, 0.25) is 0 Å². The van der Waals surface area contributed by atoms with Crippen molar-refractivity contribution in [3.8, 4) is 0 Å². The highest BCUT2D eigenvalue weighted by Crippen LogP contribution is 2.31. The number of unbranched alkanes of at least 4 members (excludes halogenated alkanes) is 1. The third kappa shape index (κ3) is 3.45. The van der Waals surface area contributed by atoms with Crippen LogP contribution in [0, 0.1) is 5.92 Å². The van der Waals surface area contributed by atoms with Gasteiger partial charge in [0.15, 0.2) is 0 Å². The molecule has 3 heteroatoms. The number of anilines is 1. The molecular formula is C19H31N3. The molecule has 1 atom stereocenters. The van der Waals surface area contributed by atoms with E-state index >= 15 is 0 Å². The van der Waals surface area contributed by atoms with Gasteiger partial charge in [0.1, 0.15) is 5.82 Å². The van der Waals surface area contributed by atoms with Crippen molar-refractivity contribution in [3.63, 3.8) is 0 Å². The molecule has 0 spiro atoms. The number of benzene rings is 1. The molecule has 0 aliphatic rings. The quantitative estimate of drug-likeness (QED) is 0.720.